The van der Waals surface area contributed by atoms with E-state index in [1.165, 1.54) is 0 Å². The predicted octanol–water partition coefficient (Wildman–Crippen LogP) is 4.80. The van der Waals surface area contributed by atoms with Gasteiger partial charge in [0, 0.05) is 37.5 Å². The van der Waals surface area contributed by atoms with Crippen molar-refractivity contribution in [2.45, 2.75) is 51.2 Å². The molecule has 0 amide bonds. The molecule has 7 heteroatoms. The van der Waals surface area contributed by atoms with E-state index in [2.05, 4.69) is 17.2 Å². The zero-order valence-electron chi connectivity index (χ0n) is 16.9. The van der Waals surface area contributed by atoms with Gasteiger partial charge in [-0.3, -0.25) is 4.98 Å². The number of halogens is 2. The number of unbranched alkanes of at least 4 members (excludes halogenated alkanes) is 2. The molecule has 0 spiro atoms. The van der Waals surface area contributed by atoms with Gasteiger partial charge in [-0.2, -0.15) is 0 Å². The van der Waals surface area contributed by atoms with Gasteiger partial charge in [0.2, 0.25) is 0 Å². The number of aliphatic hydroxyl groups is 1. The molecule has 0 saturated carbocycles. The number of nitrogen functional groups attached to an aromatic ring is 1. The predicted molar refractivity (Wildman–Crippen MR) is 121 cm³/mol. The number of pyridine rings is 1. The molecule has 1 heterocycles. The average molecular weight is 440 g/mol. The van der Waals surface area contributed by atoms with E-state index in [0.29, 0.717) is 40.5 Å². The summed E-state index contributed by atoms with van der Waals surface area (Å²) in [6, 6.07) is 9.57. The number of aromatic nitrogens is 1. The largest absolute Gasteiger partial charge is 0.396 e. The van der Waals surface area contributed by atoms with Crippen molar-refractivity contribution < 1.29 is 9.84 Å². The smallest absolute Gasteiger partial charge is 0.0915 e. The number of hydrogen-bond acceptors (Lipinski definition) is 5. The number of benzene rings is 1. The van der Waals surface area contributed by atoms with E-state index in [0.717, 1.165) is 44.4 Å². The Morgan fingerprint density at radius 2 is 1.90 bits per heavy atom. The van der Waals surface area contributed by atoms with Crippen LogP contribution in [-0.4, -0.2) is 35.9 Å². The summed E-state index contributed by atoms with van der Waals surface area (Å²) in [4.78, 5) is 4.28. The van der Waals surface area contributed by atoms with Crippen LogP contribution in [0.4, 0.5) is 5.69 Å². The normalized spacial score (nSPS) is 13.4. The molecule has 29 heavy (non-hydrogen) atoms. The second-order valence-corrected chi connectivity index (χ2v) is 8.07. The molecule has 2 aromatic rings. The maximum atomic E-state index is 10.3. The van der Waals surface area contributed by atoms with Crippen LogP contribution in [0.1, 0.15) is 50.0 Å². The molecule has 0 radical (unpaired) electrons. The van der Waals surface area contributed by atoms with Gasteiger partial charge < -0.3 is 20.9 Å². The Kier molecular flexibility index (Phi) is 10.7. The standard InChI is InChI=1S/C22H31Cl2N3O2/c1-16(27-15-21(28)17-13-19(23)22(25)20(24)14-17)7-3-2-6-11-29-12-9-18-8-4-5-10-26-18/h4-5,8,10,13-14,16,21,27-28H,2-3,6-7,9,11-12,15,25H2,1H3. The van der Waals surface area contributed by atoms with Crippen LogP contribution >= 0.6 is 23.2 Å². The number of nitrogens with two attached hydrogens (primary N) is 1. The molecular formula is C22H31Cl2N3O2. The average Bonchev–Trinajstić information content (AvgIpc) is 2.72. The molecule has 160 valence electrons. The Morgan fingerprint density at radius 3 is 2.59 bits per heavy atom. The Bertz CT molecular complexity index is 708. The zero-order chi connectivity index (χ0) is 21.1. The maximum Gasteiger partial charge on any atom is 0.0915 e. The van der Waals surface area contributed by atoms with Crippen molar-refractivity contribution in [2.24, 2.45) is 0 Å². The fraction of sp³-hybridized carbons (Fsp3) is 0.500. The summed E-state index contributed by atoms with van der Waals surface area (Å²) in [7, 11) is 0. The minimum Gasteiger partial charge on any atom is -0.396 e. The topological polar surface area (TPSA) is 80.4 Å². The van der Waals surface area contributed by atoms with Crippen molar-refractivity contribution in [1.29, 1.82) is 0 Å². The molecule has 0 aliphatic rings. The fourth-order valence-corrected chi connectivity index (χ4v) is 3.49. The van der Waals surface area contributed by atoms with Crippen molar-refractivity contribution in [3.63, 3.8) is 0 Å². The third-order valence-electron chi connectivity index (χ3n) is 4.80. The molecule has 4 N–H and O–H groups in total. The molecular weight excluding hydrogens is 409 g/mol. The molecule has 2 unspecified atom stereocenters. The van der Waals surface area contributed by atoms with Crippen LogP contribution < -0.4 is 11.1 Å². The minimum absolute atomic E-state index is 0.314. The first-order valence-corrected chi connectivity index (χ1v) is 10.9. The third kappa shape index (κ3) is 8.89. The number of hydrogen-bond donors (Lipinski definition) is 3. The summed E-state index contributed by atoms with van der Waals surface area (Å²) >= 11 is 12.1. The Balaban J connectivity index is 1.52. The molecule has 5 nitrogen and oxygen atoms in total. The van der Waals surface area contributed by atoms with Gasteiger partial charge in [-0.05, 0) is 49.6 Å². The summed E-state index contributed by atoms with van der Waals surface area (Å²) in [6.45, 7) is 4.06. The highest BCUT2D eigenvalue weighted by Gasteiger charge is 2.13. The molecule has 0 aliphatic heterocycles. The van der Waals surface area contributed by atoms with Gasteiger partial charge >= 0.3 is 0 Å². The van der Waals surface area contributed by atoms with Crippen LogP contribution in [0.15, 0.2) is 36.5 Å². The summed E-state index contributed by atoms with van der Waals surface area (Å²) in [5.74, 6) is 0. The number of nitrogens with one attached hydrogen (secondary N) is 1. The summed E-state index contributed by atoms with van der Waals surface area (Å²) < 4.78 is 5.68. The highest BCUT2D eigenvalue weighted by Crippen LogP contribution is 2.31. The first-order valence-electron chi connectivity index (χ1n) is 10.1. The molecule has 1 aromatic carbocycles. The van der Waals surface area contributed by atoms with Gasteiger partial charge in [0.15, 0.2) is 0 Å². The molecule has 1 aromatic heterocycles. The van der Waals surface area contributed by atoms with Crippen molar-refractivity contribution in [3.05, 3.63) is 57.8 Å². The fourth-order valence-electron chi connectivity index (χ4n) is 2.99. The molecule has 0 fully saturated rings. The lowest BCUT2D eigenvalue weighted by atomic mass is 10.1. The van der Waals surface area contributed by atoms with Crippen LogP contribution in [0.25, 0.3) is 0 Å². The number of aliphatic hydroxyl groups excluding tert-OH is 1. The number of nitrogens with zero attached hydrogens (tertiary/aromatic N) is 1. The second kappa shape index (κ2) is 13.0. The summed E-state index contributed by atoms with van der Waals surface area (Å²) in [5.41, 5.74) is 7.80. The quantitative estimate of drug-likeness (QED) is 0.308. The second-order valence-electron chi connectivity index (χ2n) is 7.26. The van der Waals surface area contributed by atoms with Crippen LogP contribution in [0.3, 0.4) is 0 Å². The van der Waals surface area contributed by atoms with Crippen molar-refractivity contribution in [2.75, 3.05) is 25.5 Å². The van der Waals surface area contributed by atoms with E-state index in [1.807, 2.05) is 24.4 Å². The van der Waals surface area contributed by atoms with Crippen molar-refractivity contribution in [3.8, 4) is 0 Å². The number of rotatable bonds is 13. The first kappa shape index (κ1) is 23.9. The molecule has 0 saturated heterocycles. The molecule has 0 bridgehead atoms. The van der Waals surface area contributed by atoms with Gasteiger partial charge in [-0.1, -0.05) is 42.1 Å². The van der Waals surface area contributed by atoms with E-state index in [1.54, 1.807) is 12.1 Å². The maximum absolute atomic E-state index is 10.3. The van der Waals surface area contributed by atoms with E-state index in [9.17, 15) is 5.11 Å². The first-order chi connectivity index (χ1) is 14.0. The van der Waals surface area contributed by atoms with E-state index < -0.39 is 6.10 Å². The summed E-state index contributed by atoms with van der Waals surface area (Å²) in [6.07, 6.45) is 6.33. The molecule has 0 aliphatic carbocycles. The van der Waals surface area contributed by atoms with E-state index >= 15 is 0 Å². The Labute approximate surface area is 183 Å². The number of anilines is 1. The Hall–Kier alpha value is -1.37. The SMILES string of the molecule is CC(CCCCCOCCc1ccccn1)NCC(O)c1cc(Cl)c(N)c(Cl)c1. The molecule has 2 rings (SSSR count). The van der Waals surface area contributed by atoms with Gasteiger partial charge in [-0.15, -0.1) is 0 Å². The zero-order valence-corrected chi connectivity index (χ0v) is 18.4. The lowest BCUT2D eigenvalue weighted by Crippen LogP contribution is -2.30. The minimum atomic E-state index is -0.680. The lowest BCUT2D eigenvalue weighted by Gasteiger charge is -2.18. The highest BCUT2D eigenvalue weighted by molar-refractivity contribution is 6.38. The van der Waals surface area contributed by atoms with Crippen molar-refractivity contribution in [1.82, 2.24) is 10.3 Å². The van der Waals surface area contributed by atoms with Gasteiger partial charge in [0.25, 0.3) is 0 Å². The van der Waals surface area contributed by atoms with Crippen LogP contribution in [0.5, 0.6) is 0 Å². The van der Waals surface area contributed by atoms with Crippen LogP contribution in [-0.2, 0) is 11.2 Å². The monoisotopic (exact) mass is 439 g/mol. The van der Waals surface area contributed by atoms with Crippen molar-refractivity contribution >= 4 is 28.9 Å². The van der Waals surface area contributed by atoms with E-state index in [-0.39, 0.29) is 0 Å². The van der Waals surface area contributed by atoms with Crippen LogP contribution in [0.2, 0.25) is 10.0 Å². The number of ether oxygens (including phenoxy) is 1. The van der Waals surface area contributed by atoms with E-state index in [4.69, 9.17) is 33.7 Å². The van der Waals surface area contributed by atoms with Gasteiger partial charge in [0.05, 0.1) is 28.4 Å². The van der Waals surface area contributed by atoms with Gasteiger partial charge in [0.1, 0.15) is 0 Å². The van der Waals surface area contributed by atoms with Gasteiger partial charge in [-0.25, -0.2) is 0 Å². The Morgan fingerprint density at radius 1 is 1.14 bits per heavy atom. The summed E-state index contributed by atoms with van der Waals surface area (Å²) in [5, 5.41) is 14.4. The highest BCUT2D eigenvalue weighted by atomic mass is 35.5. The van der Waals surface area contributed by atoms with Crippen LogP contribution in [0, 0.1) is 0 Å². The molecule has 2 atom stereocenters. The lowest BCUT2D eigenvalue weighted by molar-refractivity contribution is 0.132. The third-order valence-corrected chi connectivity index (χ3v) is 5.43.